The van der Waals surface area contributed by atoms with Crippen LogP contribution in [0, 0.1) is 6.92 Å². The number of aryl methyl sites for hydroxylation is 1. The van der Waals surface area contributed by atoms with E-state index in [1.54, 1.807) is 35.6 Å². The van der Waals surface area contributed by atoms with E-state index in [1.165, 1.54) is 5.56 Å². The minimum atomic E-state index is -0.782. The first-order valence-corrected chi connectivity index (χ1v) is 11.8. The fraction of sp³-hybridized carbons (Fsp3) is 0.154. The number of amides is 3. The maximum atomic E-state index is 12.5. The Kier molecular flexibility index (Phi) is 5.81. The molecule has 8 heteroatoms. The van der Waals surface area contributed by atoms with Crippen LogP contribution in [0.5, 0.6) is 0 Å². The summed E-state index contributed by atoms with van der Waals surface area (Å²) in [6, 6.07) is 19.8. The predicted octanol–water partition coefficient (Wildman–Crippen LogP) is 4.74. The second-order valence-electron chi connectivity index (χ2n) is 8.22. The van der Waals surface area contributed by atoms with Crippen molar-refractivity contribution in [3.05, 3.63) is 77.9 Å². The van der Waals surface area contributed by atoms with E-state index in [-0.39, 0.29) is 30.6 Å². The van der Waals surface area contributed by atoms with Gasteiger partial charge in [-0.25, -0.2) is 4.98 Å². The maximum Gasteiger partial charge on any atom is 0.254 e. The van der Waals surface area contributed by atoms with Crippen LogP contribution < -0.4 is 16.0 Å². The van der Waals surface area contributed by atoms with Crippen molar-refractivity contribution in [3.63, 3.8) is 0 Å². The van der Waals surface area contributed by atoms with Crippen molar-refractivity contribution in [2.75, 3.05) is 10.6 Å². The fourth-order valence-electron chi connectivity index (χ4n) is 3.87. The zero-order valence-electron chi connectivity index (χ0n) is 18.4. The van der Waals surface area contributed by atoms with Crippen molar-refractivity contribution < 1.29 is 14.4 Å². The number of nitrogens with zero attached hydrogens (tertiary/aromatic N) is 1. The molecule has 7 nitrogen and oxygen atoms in total. The number of anilines is 2. The number of thiazole rings is 1. The molecule has 1 aromatic heterocycles. The first-order valence-electron chi connectivity index (χ1n) is 10.9. The smallest absolute Gasteiger partial charge is 0.254 e. The number of benzene rings is 3. The van der Waals surface area contributed by atoms with Gasteiger partial charge in [-0.1, -0.05) is 18.2 Å². The molecule has 3 amide bonds. The van der Waals surface area contributed by atoms with Gasteiger partial charge in [0.25, 0.3) is 5.91 Å². The van der Waals surface area contributed by atoms with Crippen molar-refractivity contribution in [1.29, 1.82) is 0 Å². The largest absolute Gasteiger partial charge is 0.340 e. The van der Waals surface area contributed by atoms with Gasteiger partial charge in [-0.3, -0.25) is 14.4 Å². The summed E-state index contributed by atoms with van der Waals surface area (Å²) in [6.07, 6.45) is 0.286. The third kappa shape index (κ3) is 4.53. The van der Waals surface area contributed by atoms with Gasteiger partial charge in [0.15, 0.2) is 0 Å². The lowest BCUT2D eigenvalue weighted by Crippen LogP contribution is -2.41. The van der Waals surface area contributed by atoms with Crippen LogP contribution in [-0.2, 0) is 9.59 Å². The third-order valence-electron chi connectivity index (χ3n) is 5.67. The second kappa shape index (κ2) is 9.07. The summed E-state index contributed by atoms with van der Waals surface area (Å²) >= 11 is 1.64. The number of nitrogens with one attached hydrogen (secondary N) is 3. The van der Waals surface area contributed by atoms with Crippen LogP contribution in [0.1, 0.15) is 28.8 Å². The van der Waals surface area contributed by atoms with Crippen LogP contribution in [0.15, 0.2) is 66.7 Å². The standard InChI is InChI=1S/C26H22N4O3S/c1-15-6-11-20-22(14-15)34-26(30-20)16-7-9-17(10-8-16)27-23(31)13-12-21-25(33)28-19-5-3-2-4-18(19)24(32)29-21/h2-11,14,21H,12-13H2,1H3,(H,27,31)(H,28,33)(H,29,32). The molecule has 0 aliphatic carbocycles. The number of aromatic nitrogens is 1. The molecule has 34 heavy (non-hydrogen) atoms. The summed E-state index contributed by atoms with van der Waals surface area (Å²) in [7, 11) is 0. The first-order chi connectivity index (χ1) is 16.5. The lowest BCUT2D eigenvalue weighted by molar-refractivity contribution is -0.118. The molecule has 0 fully saturated rings. The van der Waals surface area contributed by atoms with Crippen LogP contribution >= 0.6 is 11.3 Å². The van der Waals surface area contributed by atoms with E-state index < -0.39 is 6.04 Å². The molecule has 0 bridgehead atoms. The molecule has 2 heterocycles. The highest BCUT2D eigenvalue weighted by molar-refractivity contribution is 7.21. The highest BCUT2D eigenvalue weighted by atomic mass is 32.1. The Balaban J connectivity index is 1.19. The van der Waals surface area contributed by atoms with Crippen LogP contribution in [0.2, 0.25) is 0 Å². The normalized spacial score (nSPS) is 15.3. The Morgan fingerprint density at radius 1 is 1.06 bits per heavy atom. The minimum Gasteiger partial charge on any atom is -0.340 e. The zero-order valence-corrected chi connectivity index (χ0v) is 19.2. The number of carbonyl (C=O) groups excluding carboxylic acids is 3. The minimum absolute atomic E-state index is 0.0910. The highest BCUT2D eigenvalue weighted by Gasteiger charge is 2.27. The van der Waals surface area contributed by atoms with Crippen LogP contribution in [-0.4, -0.2) is 28.7 Å². The van der Waals surface area contributed by atoms with Crippen molar-refractivity contribution in [2.45, 2.75) is 25.8 Å². The van der Waals surface area contributed by atoms with Gasteiger partial charge in [-0.05, 0) is 67.4 Å². The summed E-state index contributed by atoms with van der Waals surface area (Å²) in [6.45, 7) is 2.06. The SMILES string of the molecule is Cc1ccc2nc(-c3ccc(NC(=O)CCC4NC(=O)c5ccccc5NC4=O)cc3)sc2c1. The van der Waals surface area contributed by atoms with E-state index in [0.29, 0.717) is 16.9 Å². The summed E-state index contributed by atoms with van der Waals surface area (Å²) in [5.74, 6) is -0.895. The van der Waals surface area contributed by atoms with Crippen LogP contribution in [0.25, 0.3) is 20.8 Å². The Morgan fingerprint density at radius 3 is 2.68 bits per heavy atom. The number of hydrogen-bond donors (Lipinski definition) is 3. The number of rotatable bonds is 5. The lowest BCUT2D eigenvalue weighted by Gasteiger charge is -2.14. The molecular formula is C26H22N4O3S. The molecule has 4 aromatic rings. The number of hydrogen-bond acceptors (Lipinski definition) is 5. The predicted molar refractivity (Wildman–Crippen MR) is 134 cm³/mol. The summed E-state index contributed by atoms with van der Waals surface area (Å²) in [5.41, 5.74) is 4.69. The van der Waals surface area contributed by atoms with Gasteiger partial charge in [0.05, 0.1) is 21.5 Å². The van der Waals surface area contributed by atoms with E-state index in [2.05, 4.69) is 28.9 Å². The average molecular weight is 471 g/mol. The molecule has 1 unspecified atom stereocenters. The summed E-state index contributed by atoms with van der Waals surface area (Å²) in [4.78, 5) is 42.1. The van der Waals surface area contributed by atoms with E-state index in [4.69, 9.17) is 4.98 Å². The molecule has 1 atom stereocenters. The van der Waals surface area contributed by atoms with Gasteiger partial charge in [-0.15, -0.1) is 11.3 Å². The third-order valence-corrected chi connectivity index (χ3v) is 6.74. The highest BCUT2D eigenvalue weighted by Crippen LogP contribution is 2.31. The Hall–Kier alpha value is -4.04. The molecule has 0 saturated carbocycles. The van der Waals surface area contributed by atoms with Gasteiger partial charge in [0.1, 0.15) is 11.0 Å². The van der Waals surface area contributed by atoms with Gasteiger partial charge >= 0.3 is 0 Å². The molecular weight excluding hydrogens is 448 g/mol. The molecule has 1 aliphatic heterocycles. The van der Waals surface area contributed by atoms with Crippen molar-refractivity contribution in [1.82, 2.24) is 10.3 Å². The Morgan fingerprint density at radius 2 is 1.85 bits per heavy atom. The molecule has 3 N–H and O–H groups in total. The first kappa shape index (κ1) is 21.8. The lowest BCUT2D eigenvalue weighted by atomic mass is 10.1. The van der Waals surface area contributed by atoms with Crippen LogP contribution in [0.3, 0.4) is 0 Å². The van der Waals surface area contributed by atoms with E-state index in [9.17, 15) is 14.4 Å². The van der Waals surface area contributed by atoms with Crippen molar-refractivity contribution in [3.8, 4) is 10.6 Å². The average Bonchev–Trinajstić information content (AvgIpc) is 3.20. The van der Waals surface area contributed by atoms with Gasteiger partial charge in [0, 0.05) is 17.7 Å². The summed E-state index contributed by atoms with van der Waals surface area (Å²) in [5, 5.41) is 9.24. The number of fused-ring (bicyclic) bond motifs is 2. The fourth-order valence-corrected chi connectivity index (χ4v) is 4.93. The van der Waals surface area contributed by atoms with E-state index in [0.717, 1.165) is 20.8 Å². The Bertz CT molecular complexity index is 1410. The van der Waals surface area contributed by atoms with Gasteiger partial charge < -0.3 is 16.0 Å². The van der Waals surface area contributed by atoms with Crippen molar-refractivity contribution in [2.24, 2.45) is 0 Å². The maximum absolute atomic E-state index is 12.5. The molecule has 1 aliphatic rings. The van der Waals surface area contributed by atoms with Gasteiger partial charge in [-0.2, -0.15) is 0 Å². The molecule has 0 saturated heterocycles. The quantitative estimate of drug-likeness (QED) is 0.392. The summed E-state index contributed by atoms with van der Waals surface area (Å²) < 4.78 is 1.14. The molecule has 0 spiro atoms. The van der Waals surface area contributed by atoms with Gasteiger partial charge in [0.2, 0.25) is 11.8 Å². The van der Waals surface area contributed by atoms with Crippen molar-refractivity contribution >= 4 is 50.6 Å². The van der Waals surface area contributed by atoms with E-state index in [1.807, 2.05) is 36.4 Å². The number of para-hydroxylation sites is 1. The molecule has 5 rings (SSSR count). The topological polar surface area (TPSA) is 100 Å². The zero-order chi connectivity index (χ0) is 23.7. The molecule has 170 valence electrons. The number of carbonyl (C=O) groups is 3. The Labute approximate surface area is 200 Å². The molecule has 3 aromatic carbocycles. The second-order valence-corrected chi connectivity index (χ2v) is 9.25. The molecule has 0 radical (unpaired) electrons. The van der Waals surface area contributed by atoms with Crippen LogP contribution in [0.4, 0.5) is 11.4 Å². The van der Waals surface area contributed by atoms with E-state index >= 15 is 0 Å². The monoisotopic (exact) mass is 470 g/mol.